The van der Waals surface area contributed by atoms with Crippen molar-refractivity contribution >= 4 is 47.6 Å². The van der Waals surface area contributed by atoms with Gasteiger partial charge in [-0.15, -0.1) is 0 Å². The van der Waals surface area contributed by atoms with Crippen LogP contribution in [-0.4, -0.2) is 124 Å². The van der Waals surface area contributed by atoms with E-state index in [0.29, 0.717) is 51.4 Å². The molecule has 0 saturated carbocycles. The third-order valence-corrected chi connectivity index (χ3v) is 9.63. The van der Waals surface area contributed by atoms with Gasteiger partial charge in [-0.3, -0.25) is 10.9 Å². The molecule has 4 fully saturated rings. The van der Waals surface area contributed by atoms with Crippen LogP contribution >= 0.6 is 0 Å². The van der Waals surface area contributed by atoms with Crippen molar-refractivity contribution in [2.24, 2.45) is 10.2 Å². The van der Waals surface area contributed by atoms with Crippen LogP contribution in [0.5, 0.6) is 0 Å². The molecule has 4 saturated heterocycles. The number of morpholine rings is 3. The average Bonchev–Trinajstić information content (AvgIpc) is 3.25. The van der Waals surface area contributed by atoms with Gasteiger partial charge >= 0.3 is 0 Å². The van der Waals surface area contributed by atoms with E-state index in [1.54, 1.807) is 12.4 Å². The minimum atomic E-state index is 0.682. The number of hydrogen-bond donors (Lipinski definition) is 2. The minimum Gasteiger partial charge on any atom is -0.378 e. The molecule has 2 aromatic heterocycles. The number of benzene rings is 2. The van der Waals surface area contributed by atoms with Crippen molar-refractivity contribution in [3.05, 3.63) is 83.4 Å². The lowest BCUT2D eigenvalue weighted by Gasteiger charge is -2.31. The molecule has 4 aliphatic heterocycles. The lowest BCUT2D eigenvalue weighted by molar-refractivity contribution is 0.121. The summed E-state index contributed by atoms with van der Waals surface area (Å²) >= 11 is 0. The van der Waals surface area contributed by atoms with Crippen LogP contribution in [0.2, 0.25) is 0 Å². The van der Waals surface area contributed by atoms with Gasteiger partial charge < -0.3 is 33.8 Å². The Hall–Kier alpha value is -5.38. The second kappa shape index (κ2) is 19.8. The van der Waals surface area contributed by atoms with Crippen LogP contribution in [0.25, 0.3) is 0 Å². The first-order chi connectivity index (χ1) is 27.2. The van der Waals surface area contributed by atoms with Crippen molar-refractivity contribution in [1.29, 1.82) is 0 Å². The molecule has 0 aliphatic carbocycles. The van der Waals surface area contributed by atoms with E-state index < -0.39 is 0 Å². The third-order valence-electron chi connectivity index (χ3n) is 9.63. The number of anilines is 6. The molecule has 0 spiro atoms. The molecule has 0 amide bonds. The van der Waals surface area contributed by atoms with Crippen molar-refractivity contribution in [1.82, 2.24) is 19.9 Å². The number of nitrogens with one attached hydrogen (secondary N) is 2. The molecule has 8 rings (SSSR count). The van der Waals surface area contributed by atoms with Crippen LogP contribution < -0.4 is 30.5 Å². The fourth-order valence-electron chi connectivity index (χ4n) is 6.64. The second-order valence-corrected chi connectivity index (χ2v) is 13.7. The first-order valence-corrected chi connectivity index (χ1v) is 19.4. The zero-order valence-electron chi connectivity index (χ0n) is 31.7. The maximum Gasteiger partial charge on any atom is 0.229 e. The normalized spacial score (nSPS) is 18.0. The fraction of sp³-hybridized carbons (Fsp3) is 0.450. The van der Waals surface area contributed by atoms with Crippen LogP contribution in [-0.2, 0) is 14.2 Å². The minimum absolute atomic E-state index is 0.682. The van der Waals surface area contributed by atoms with Gasteiger partial charge in [0.25, 0.3) is 0 Å². The van der Waals surface area contributed by atoms with E-state index in [1.165, 1.54) is 24.8 Å². The Morgan fingerprint density at radius 3 is 1.51 bits per heavy atom. The molecule has 2 aromatic carbocycles. The first-order valence-electron chi connectivity index (χ1n) is 19.4. The summed E-state index contributed by atoms with van der Waals surface area (Å²) < 4.78 is 16.4. The Morgan fingerprint density at radius 1 is 0.509 bits per heavy atom. The maximum atomic E-state index is 5.47. The number of ether oxygens (including phenoxy) is 3. The van der Waals surface area contributed by atoms with Crippen LogP contribution in [0, 0.1) is 6.92 Å². The summed E-state index contributed by atoms with van der Waals surface area (Å²) in [6.45, 7) is 13.3. The van der Waals surface area contributed by atoms with Crippen molar-refractivity contribution in [3.63, 3.8) is 0 Å². The molecule has 0 atom stereocenters. The summed E-state index contributed by atoms with van der Waals surface area (Å²) in [5, 5.41) is 8.73. The van der Waals surface area contributed by atoms with E-state index in [0.717, 1.165) is 86.9 Å². The Morgan fingerprint density at radius 2 is 0.982 bits per heavy atom. The zero-order chi connectivity index (χ0) is 37.5. The molecule has 4 aromatic rings. The van der Waals surface area contributed by atoms with E-state index in [1.807, 2.05) is 54.6 Å². The summed E-state index contributed by atoms with van der Waals surface area (Å²) in [4.78, 5) is 27.9. The Labute approximate surface area is 323 Å². The first kappa shape index (κ1) is 37.9. The monoisotopic (exact) mass is 748 g/mol. The quantitative estimate of drug-likeness (QED) is 0.172. The number of rotatable bonds is 10. The predicted octanol–water partition coefficient (Wildman–Crippen LogP) is 4.65. The summed E-state index contributed by atoms with van der Waals surface area (Å²) in [5.41, 5.74) is 9.45. The van der Waals surface area contributed by atoms with Gasteiger partial charge in [-0.2, -0.15) is 30.1 Å². The number of hydrogen-bond acceptors (Lipinski definition) is 15. The summed E-state index contributed by atoms with van der Waals surface area (Å²) in [5.74, 6) is 4.73. The molecular weight excluding hydrogens is 697 g/mol. The van der Waals surface area contributed by atoms with Crippen LogP contribution in [0.3, 0.4) is 0 Å². The highest BCUT2D eigenvalue weighted by Crippen LogP contribution is 2.25. The highest BCUT2D eigenvalue weighted by atomic mass is 16.5. The van der Waals surface area contributed by atoms with Gasteiger partial charge in [-0.05, 0) is 37.3 Å². The van der Waals surface area contributed by atoms with Gasteiger partial charge in [-0.25, -0.2) is 0 Å². The van der Waals surface area contributed by atoms with Crippen LogP contribution in [0.15, 0.2) is 76.9 Å². The molecule has 0 bridgehead atoms. The smallest absolute Gasteiger partial charge is 0.229 e. The van der Waals surface area contributed by atoms with Crippen molar-refractivity contribution in [3.8, 4) is 0 Å². The molecule has 4 aliphatic rings. The molecule has 6 heterocycles. The highest BCUT2D eigenvalue weighted by molar-refractivity contribution is 5.80. The molecule has 55 heavy (non-hydrogen) atoms. The maximum absolute atomic E-state index is 5.47. The predicted molar refractivity (Wildman–Crippen MR) is 219 cm³/mol. The SMILES string of the molecule is C(=N\Nc1cc(N2CCCCC2)nc(N2CCOCC2)n1)/c1ccccc1.Cc1cccc(/C=N/Nc2cc(N3CCOCC3)nc(N3CCOCC3)n2)c1. The van der Waals surface area contributed by atoms with E-state index in [4.69, 9.17) is 29.2 Å². The van der Waals surface area contributed by atoms with E-state index in [-0.39, 0.29) is 0 Å². The Kier molecular flexibility index (Phi) is 13.7. The summed E-state index contributed by atoms with van der Waals surface area (Å²) in [7, 11) is 0. The van der Waals surface area contributed by atoms with Crippen molar-refractivity contribution in [2.75, 3.05) is 122 Å². The lowest BCUT2D eigenvalue weighted by Crippen LogP contribution is -2.39. The standard InChI is InChI=1S/C20H26N6O2.C20H26N6O/c1-16-3-2-4-17(13-16)15-21-24-18-14-19(25-5-9-27-10-6-25)23-20(22-18)26-7-11-28-12-8-26;1-3-7-17(8-4-1)16-21-24-18-15-19(25-9-5-2-6-10-25)23-20(22-18)26-11-13-27-14-12-26/h2-4,13-15H,5-12H2,1H3,(H,22,23,24);1,3-4,7-8,15-16H,2,5-6,9-14H2,(H,22,23,24)/b21-15+;21-16+. The van der Waals surface area contributed by atoms with E-state index in [9.17, 15) is 0 Å². The molecular formula is C40H52N12O3. The lowest BCUT2D eigenvalue weighted by atomic mass is 10.1. The van der Waals surface area contributed by atoms with E-state index in [2.05, 4.69) is 64.7 Å². The largest absolute Gasteiger partial charge is 0.378 e. The highest BCUT2D eigenvalue weighted by Gasteiger charge is 2.21. The zero-order valence-corrected chi connectivity index (χ0v) is 31.7. The van der Waals surface area contributed by atoms with Gasteiger partial charge in [0.1, 0.15) is 11.6 Å². The topological polar surface area (TPSA) is 141 Å². The van der Waals surface area contributed by atoms with Gasteiger partial charge in [0, 0.05) is 64.5 Å². The van der Waals surface area contributed by atoms with Gasteiger partial charge in [0.15, 0.2) is 11.6 Å². The Balaban J connectivity index is 0.000000169. The number of aromatic nitrogens is 4. The molecule has 0 unspecified atom stereocenters. The number of aryl methyl sites for hydroxylation is 1. The molecule has 0 radical (unpaired) electrons. The van der Waals surface area contributed by atoms with Gasteiger partial charge in [0.2, 0.25) is 11.9 Å². The molecule has 290 valence electrons. The molecule has 15 nitrogen and oxygen atoms in total. The fourth-order valence-corrected chi connectivity index (χ4v) is 6.64. The average molecular weight is 749 g/mol. The van der Waals surface area contributed by atoms with Crippen molar-refractivity contribution in [2.45, 2.75) is 26.2 Å². The summed E-state index contributed by atoms with van der Waals surface area (Å²) in [6.07, 6.45) is 7.33. The second-order valence-electron chi connectivity index (χ2n) is 13.7. The van der Waals surface area contributed by atoms with Gasteiger partial charge in [-0.1, -0.05) is 60.2 Å². The van der Waals surface area contributed by atoms with Crippen LogP contribution in [0.4, 0.5) is 35.2 Å². The third kappa shape index (κ3) is 11.3. The van der Waals surface area contributed by atoms with Gasteiger partial charge in [0.05, 0.1) is 52.1 Å². The molecule has 15 heteroatoms. The number of nitrogens with zero attached hydrogens (tertiary/aromatic N) is 10. The number of piperidine rings is 1. The summed E-state index contributed by atoms with van der Waals surface area (Å²) in [6, 6.07) is 22.2. The Bertz CT molecular complexity index is 1770. The molecule has 2 N–H and O–H groups in total. The van der Waals surface area contributed by atoms with Crippen LogP contribution in [0.1, 0.15) is 36.0 Å². The van der Waals surface area contributed by atoms with E-state index >= 15 is 0 Å². The number of hydrazone groups is 2. The van der Waals surface area contributed by atoms with Crippen molar-refractivity contribution < 1.29 is 14.2 Å².